The molecule has 2 nitrogen and oxygen atoms in total. The molecule has 1 heterocycles. The fourth-order valence-corrected chi connectivity index (χ4v) is 2.71. The van der Waals surface area contributed by atoms with Crippen LogP contribution >= 0.6 is 0 Å². The summed E-state index contributed by atoms with van der Waals surface area (Å²) < 4.78 is 5.58. The van der Waals surface area contributed by atoms with Gasteiger partial charge in [-0.3, -0.25) is 4.79 Å². The van der Waals surface area contributed by atoms with Gasteiger partial charge < -0.3 is 4.74 Å². The van der Waals surface area contributed by atoms with Gasteiger partial charge in [0.15, 0.2) is 0 Å². The van der Waals surface area contributed by atoms with Crippen molar-refractivity contribution in [3.63, 3.8) is 0 Å². The number of rotatable bonds is 5. The van der Waals surface area contributed by atoms with Crippen molar-refractivity contribution in [2.45, 2.75) is 25.2 Å². The van der Waals surface area contributed by atoms with Gasteiger partial charge in [0.05, 0.1) is 5.92 Å². The Balaban J connectivity index is 1.56. The number of ketones is 1. The summed E-state index contributed by atoms with van der Waals surface area (Å²) in [6.45, 7) is 0.503. The van der Waals surface area contributed by atoms with Gasteiger partial charge in [0.1, 0.15) is 18.1 Å². The number of hydrogen-bond donors (Lipinski definition) is 0. The van der Waals surface area contributed by atoms with E-state index < -0.39 is 0 Å². The van der Waals surface area contributed by atoms with E-state index in [-0.39, 0.29) is 5.92 Å². The van der Waals surface area contributed by atoms with Crippen LogP contribution in [-0.2, 0) is 11.2 Å². The Morgan fingerprint density at radius 1 is 1.05 bits per heavy atom. The zero-order valence-electron chi connectivity index (χ0n) is 11.4. The molecule has 0 fully saturated rings. The summed E-state index contributed by atoms with van der Waals surface area (Å²) >= 11 is 0. The number of ether oxygens (including phenoxy) is 1. The summed E-state index contributed by atoms with van der Waals surface area (Å²) in [4.78, 5) is 12.3. The average molecular weight is 266 g/mol. The lowest BCUT2D eigenvalue weighted by Crippen LogP contribution is -2.14. The average Bonchev–Trinajstić information content (AvgIpc) is 2.92. The molecular formula is C18H18O2. The van der Waals surface area contributed by atoms with Crippen molar-refractivity contribution in [2.75, 3.05) is 6.61 Å². The lowest BCUT2D eigenvalue weighted by atomic mass is 9.93. The van der Waals surface area contributed by atoms with Crippen molar-refractivity contribution in [2.24, 2.45) is 0 Å². The molecule has 0 amide bonds. The largest absolute Gasteiger partial charge is 0.492 e. The van der Waals surface area contributed by atoms with Crippen LogP contribution in [0.15, 0.2) is 54.6 Å². The first-order chi connectivity index (χ1) is 9.84. The SMILES string of the molecule is O=C(CCCc1ccccc1)C1COc2ccccc21. The molecule has 0 saturated heterocycles. The maximum Gasteiger partial charge on any atom is 0.143 e. The molecular weight excluding hydrogens is 248 g/mol. The summed E-state index contributed by atoms with van der Waals surface area (Å²) in [7, 11) is 0. The maximum atomic E-state index is 12.3. The third kappa shape index (κ3) is 2.74. The van der Waals surface area contributed by atoms with Crippen LogP contribution in [0.25, 0.3) is 0 Å². The van der Waals surface area contributed by atoms with E-state index in [2.05, 4.69) is 12.1 Å². The summed E-state index contributed by atoms with van der Waals surface area (Å²) in [6.07, 6.45) is 2.49. The number of Topliss-reactive ketones (excluding diaryl/α,β-unsaturated/α-hetero) is 1. The van der Waals surface area contributed by atoms with Crippen LogP contribution in [0.3, 0.4) is 0 Å². The zero-order chi connectivity index (χ0) is 13.8. The van der Waals surface area contributed by atoms with Crippen LogP contribution < -0.4 is 4.74 Å². The Kier molecular flexibility index (Phi) is 3.82. The molecule has 2 aromatic carbocycles. The van der Waals surface area contributed by atoms with E-state index in [9.17, 15) is 4.79 Å². The molecule has 0 aliphatic carbocycles. The van der Waals surface area contributed by atoms with Gasteiger partial charge in [-0.05, 0) is 24.5 Å². The molecule has 0 aromatic heterocycles. The normalized spacial score (nSPS) is 16.5. The van der Waals surface area contributed by atoms with E-state index in [0.29, 0.717) is 18.8 Å². The summed E-state index contributed by atoms with van der Waals surface area (Å²) in [5, 5.41) is 0. The van der Waals surface area contributed by atoms with Gasteiger partial charge in [0, 0.05) is 12.0 Å². The number of para-hydroxylation sites is 1. The molecule has 1 unspecified atom stereocenters. The van der Waals surface area contributed by atoms with Crippen LogP contribution in [0, 0.1) is 0 Å². The smallest absolute Gasteiger partial charge is 0.143 e. The minimum atomic E-state index is -0.0676. The Hall–Kier alpha value is -2.09. The third-order valence-corrected chi connectivity index (χ3v) is 3.82. The molecule has 1 aliphatic rings. The van der Waals surface area contributed by atoms with E-state index in [4.69, 9.17) is 4.74 Å². The molecule has 0 saturated carbocycles. The number of fused-ring (bicyclic) bond motifs is 1. The molecule has 0 spiro atoms. The highest BCUT2D eigenvalue weighted by Gasteiger charge is 2.29. The molecule has 1 aliphatic heterocycles. The second kappa shape index (κ2) is 5.91. The van der Waals surface area contributed by atoms with Gasteiger partial charge in [-0.25, -0.2) is 0 Å². The van der Waals surface area contributed by atoms with Crippen molar-refractivity contribution in [3.8, 4) is 5.75 Å². The second-order valence-corrected chi connectivity index (χ2v) is 5.21. The molecule has 2 heteroatoms. The van der Waals surface area contributed by atoms with Gasteiger partial charge in [-0.15, -0.1) is 0 Å². The molecule has 2 aromatic rings. The van der Waals surface area contributed by atoms with Crippen molar-refractivity contribution in [1.29, 1.82) is 0 Å². The minimum absolute atomic E-state index is 0.0676. The second-order valence-electron chi connectivity index (χ2n) is 5.21. The van der Waals surface area contributed by atoms with Crippen LogP contribution in [0.4, 0.5) is 0 Å². The molecule has 3 rings (SSSR count). The van der Waals surface area contributed by atoms with Crippen molar-refractivity contribution in [3.05, 3.63) is 65.7 Å². The number of hydrogen-bond acceptors (Lipinski definition) is 2. The van der Waals surface area contributed by atoms with E-state index in [1.54, 1.807) is 0 Å². The van der Waals surface area contributed by atoms with Crippen LogP contribution in [0.5, 0.6) is 5.75 Å². The first-order valence-corrected chi connectivity index (χ1v) is 7.13. The quantitative estimate of drug-likeness (QED) is 0.823. The zero-order valence-corrected chi connectivity index (χ0v) is 11.4. The van der Waals surface area contributed by atoms with Gasteiger partial charge >= 0.3 is 0 Å². The monoisotopic (exact) mass is 266 g/mol. The minimum Gasteiger partial charge on any atom is -0.492 e. The Bertz CT molecular complexity index is 589. The van der Waals surface area contributed by atoms with Gasteiger partial charge in [0.2, 0.25) is 0 Å². The predicted octanol–water partition coefficient (Wildman–Crippen LogP) is 3.75. The molecule has 0 radical (unpaired) electrons. The van der Waals surface area contributed by atoms with Gasteiger partial charge in [-0.1, -0.05) is 48.5 Å². The standard InChI is InChI=1S/C18H18O2/c19-17(11-6-9-14-7-2-1-3-8-14)16-13-20-18-12-5-4-10-15(16)18/h1-5,7-8,10,12,16H,6,9,11,13H2. The number of benzene rings is 2. The fourth-order valence-electron chi connectivity index (χ4n) is 2.71. The van der Waals surface area contributed by atoms with Crippen molar-refractivity contribution in [1.82, 2.24) is 0 Å². The van der Waals surface area contributed by atoms with Gasteiger partial charge in [0.25, 0.3) is 0 Å². The van der Waals surface area contributed by atoms with Crippen LogP contribution in [0.1, 0.15) is 29.9 Å². The topological polar surface area (TPSA) is 26.3 Å². The highest BCUT2D eigenvalue weighted by Crippen LogP contribution is 2.34. The third-order valence-electron chi connectivity index (χ3n) is 3.82. The lowest BCUT2D eigenvalue weighted by molar-refractivity contribution is -0.120. The summed E-state index contributed by atoms with van der Waals surface area (Å²) in [5.41, 5.74) is 2.35. The molecule has 0 bridgehead atoms. The summed E-state index contributed by atoms with van der Waals surface area (Å²) in [6, 6.07) is 18.2. The summed E-state index contributed by atoms with van der Waals surface area (Å²) in [5.74, 6) is 1.10. The molecule has 20 heavy (non-hydrogen) atoms. The van der Waals surface area contributed by atoms with E-state index in [1.165, 1.54) is 5.56 Å². The molecule has 0 N–H and O–H groups in total. The highest BCUT2D eigenvalue weighted by atomic mass is 16.5. The van der Waals surface area contributed by atoms with Crippen LogP contribution in [-0.4, -0.2) is 12.4 Å². The Labute approximate surface area is 119 Å². The van der Waals surface area contributed by atoms with Crippen molar-refractivity contribution < 1.29 is 9.53 Å². The maximum absolute atomic E-state index is 12.3. The Morgan fingerprint density at radius 3 is 2.65 bits per heavy atom. The Morgan fingerprint density at radius 2 is 1.80 bits per heavy atom. The number of carbonyl (C=O) groups is 1. The lowest BCUT2D eigenvalue weighted by Gasteiger charge is -2.07. The fraction of sp³-hybridized carbons (Fsp3) is 0.278. The predicted molar refractivity (Wildman–Crippen MR) is 79.1 cm³/mol. The van der Waals surface area contributed by atoms with E-state index in [1.807, 2.05) is 42.5 Å². The number of aryl methyl sites for hydroxylation is 1. The van der Waals surface area contributed by atoms with Crippen molar-refractivity contribution >= 4 is 5.78 Å². The van der Waals surface area contributed by atoms with Crippen LogP contribution in [0.2, 0.25) is 0 Å². The van der Waals surface area contributed by atoms with E-state index in [0.717, 1.165) is 24.2 Å². The number of carbonyl (C=O) groups excluding carboxylic acids is 1. The highest BCUT2D eigenvalue weighted by molar-refractivity contribution is 5.87. The first-order valence-electron chi connectivity index (χ1n) is 7.13. The molecule has 102 valence electrons. The van der Waals surface area contributed by atoms with E-state index >= 15 is 0 Å². The molecule has 1 atom stereocenters. The van der Waals surface area contributed by atoms with Gasteiger partial charge in [-0.2, -0.15) is 0 Å². The first kappa shape index (κ1) is 12.9.